The number of aliphatic hydroxyl groups is 1. The van der Waals surface area contributed by atoms with E-state index in [9.17, 15) is 15.1 Å². The Balaban J connectivity index is 1.08. The van der Waals surface area contributed by atoms with Crippen molar-refractivity contribution in [3.63, 3.8) is 0 Å². The van der Waals surface area contributed by atoms with Crippen molar-refractivity contribution in [2.45, 2.75) is 43.1 Å². The van der Waals surface area contributed by atoms with E-state index in [1.54, 1.807) is 12.1 Å². The second-order valence-corrected chi connectivity index (χ2v) is 12.8. The van der Waals surface area contributed by atoms with E-state index in [1.165, 1.54) is 24.2 Å². The molecule has 4 aromatic carbocycles. The number of amides is 1. The van der Waals surface area contributed by atoms with Crippen LogP contribution in [0.4, 0.5) is 0 Å². The monoisotopic (exact) mass is 670 g/mol. The van der Waals surface area contributed by atoms with Gasteiger partial charge in [-0.05, 0) is 58.1 Å². The van der Waals surface area contributed by atoms with E-state index in [0.29, 0.717) is 29.3 Å². The Hall–Kier alpha value is -5.13. The largest absolute Gasteiger partial charge is 0.618 e. The highest BCUT2D eigenvalue weighted by Gasteiger charge is 2.33. The molecule has 3 unspecified atom stereocenters. The van der Waals surface area contributed by atoms with Crippen LogP contribution < -0.4 is 10.0 Å². The molecule has 246 valence electrons. The molecule has 2 N–H and O–H groups in total. The second kappa shape index (κ2) is 15.0. The molecule has 0 bridgehead atoms. The number of aliphatic hydroxyl groups excluding tert-OH is 1. The van der Waals surface area contributed by atoms with Crippen molar-refractivity contribution in [2.24, 2.45) is 0 Å². The molecule has 1 aliphatic heterocycles. The van der Waals surface area contributed by atoms with Crippen LogP contribution in [0, 0.1) is 5.21 Å². The lowest BCUT2D eigenvalue weighted by Gasteiger charge is -2.36. The van der Waals surface area contributed by atoms with E-state index in [1.807, 2.05) is 91.0 Å². The summed E-state index contributed by atoms with van der Waals surface area (Å²) in [5.74, 6) is 0.290. The van der Waals surface area contributed by atoms with Gasteiger partial charge in [0, 0.05) is 36.4 Å². The fraction of sp³-hybridized carbons (Fsp3) is 0.179. The number of benzene rings is 4. The molecule has 9 nitrogen and oxygen atoms in total. The molecule has 7 rings (SSSR count). The summed E-state index contributed by atoms with van der Waals surface area (Å²) in [6, 6.07) is 36.7. The fourth-order valence-corrected chi connectivity index (χ4v) is 6.72. The first kappa shape index (κ1) is 32.4. The highest BCUT2D eigenvalue weighted by molar-refractivity contribution is 7.99. The van der Waals surface area contributed by atoms with Crippen molar-refractivity contribution in [1.29, 1.82) is 0 Å². The Labute approximate surface area is 288 Å². The normalized spacial score (nSPS) is 17.5. The van der Waals surface area contributed by atoms with E-state index in [2.05, 4.69) is 27.4 Å². The first-order valence-corrected chi connectivity index (χ1v) is 17.0. The van der Waals surface area contributed by atoms with Crippen LogP contribution >= 0.6 is 11.8 Å². The zero-order chi connectivity index (χ0) is 33.6. The van der Waals surface area contributed by atoms with Gasteiger partial charge in [-0.2, -0.15) is 4.73 Å². The molecule has 1 saturated heterocycles. The predicted molar refractivity (Wildman–Crippen MR) is 187 cm³/mol. The molecule has 1 fully saturated rings. The van der Waals surface area contributed by atoms with Gasteiger partial charge in [0.1, 0.15) is 5.69 Å². The zero-order valence-corrected chi connectivity index (χ0v) is 27.3. The quantitative estimate of drug-likeness (QED) is 0.0940. The zero-order valence-electron chi connectivity index (χ0n) is 26.5. The highest BCUT2D eigenvalue weighted by atomic mass is 32.2. The molecular weight excluding hydrogens is 637 g/mol. The summed E-state index contributed by atoms with van der Waals surface area (Å²) in [6.45, 7) is 0.305. The maximum Gasteiger partial charge on any atom is 0.271 e. The molecule has 3 heterocycles. The van der Waals surface area contributed by atoms with Gasteiger partial charge in [0.05, 0.1) is 36.0 Å². The Kier molecular flexibility index (Phi) is 9.90. The molecule has 1 amide bonds. The van der Waals surface area contributed by atoms with Gasteiger partial charge < -0.3 is 25.1 Å². The fourth-order valence-electron chi connectivity index (χ4n) is 5.79. The molecule has 0 saturated carbocycles. The second-order valence-electron chi connectivity index (χ2n) is 11.8. The maximum absolute atomic E-state index is 12.9. The van der Waals surface area contributed by atoms with Crippen molar-refractivity contribution in [2.75, 3.05) is 5.75 Å². The third-order valence-electron chi connectivity index (χ3n) is 8.37. The van der Waals surface area contributed by atoms with E-state index < -0.39 is 6.29 Å². The van der Waals surface area contributed by atoms with Gasteiger partial charge in [0.2, 0.25) is 0 Å². The van der Waals surface area contributed by atoms with Crippen molar-refractivity contribution in [1.82, 2.24) is 15.3 Å². The van der Waals surface area contributed by atoms with Gasteiger partial charge in [0.25, 0.3) is 10.9 Å². The number of pyridine rings is 1. The van der Waals surface area contributed by atoms with Crippen molar-refractivity contribution in [3.8, 4) is 11.1 Å². The number of ether oxygens (including phenoxy) is 2. The molecule has 6 aromatic rings. The minimum atomic E-state index is -0.637. The summed E-state index contributed by atoms with van der Waals surface area (Å²) in [6.07, 6.45) is 2.54. The predicted octanol–water partition coefficient (Wildman–Crippen LogP) is 6.69. The molecule has 0 radical (unpaired) electrons. The number of hydrogen-bond donors (Lipinski definition) is 2. The van der Waals surface area contributed by atoms with Crippen LogP contribution in [0.2, 0.25) is 0 Å². The van der Waals surface area contributed by atoms with E-state index in [-0.39, 0.29) is 30.4 Å². The average Bonchev–Trinajstić information content (AvgIpc) is 3.16. The Morgan fingerprint density at radius 2 is 1.63 bits per heavy atom. The Morgan fingerprint density at radius 1 is 0.857 bits per heavy atom. The number of nitrogens with zero attached hydrogens (tertiary/aromatic N) is 3. The molecule has 1 aliphatic rings. The number of rotatable bonds is 10. The minimum absolute atomic E-state index is 0.0252. The average molecular weight is 671 g/mol. The Bertz CT molecular complexity index is 2080. The van der Waals surface area contributed by atoms with E-state index >= 15 is 0 Å². The number of aromatic nitrogens is 3. The van der Waals surface area contributed by atoms with Crippen LogP contribution in [-0.2, 0) is 22.6 Å². The summed E-state index contributed by atoms with van der Waals surface area (Å²) in [4.78, 5) is 21.7. The summed E-state index contributed by atoms with van der Waals surface area (Å²) < 4.78 is 14.0. The van der Waals surface area contributed by atoms with E-state index in [4.69, 9.17) is 9.47 Å². The molecule has 2 aromatic heterocycles. The van der Waals surface area contributed by atoms with Gasteiger partial charge in [-0.15, -0.1) is 0 Å². The maximum atomic E-state index is 12.9. The van der Waals surface area contributed by atoms with Gasteiger partial charge in [0.15, 0.2) is 12.5 Å². The molecule has 10 heteroatoms. The van der Waals surface area contributed by atoms with E-state index in [0.717, 1.165) is 43.6 Å². The standard InChI is InChI=1S/C39H34N4O5S/c44-24-26-14-16-28(17-15-26)36-21-32(25-49-37-13-3-4-18-43(37)46)47-39(48-36)31-10-6-9-30(20-31)29-8-5-7-27(19-29)22-41-38(45)35-23-40-33-11-1-2-12-34(33)42-35/h1-20,23,32,36,39,44H,21-22,24-25H2,(H,41,45). The number of para-hydroxylation sites is 2. The molecule has 49 heavy (non-hydrogen) atoms. The lowest BCUT2D eigenvalue weighted by Crippen LogP contribution is -2.32. The lowest BCUT2D eigenvalue weighted by molar-refractivity contribution is -0.645. The molecule has 3 atom stereocenters. The minimum Gasteiger partial charge on any atom is -0.618 e. The third-order valence-corrected chi connectivity index (χ3v) is 9.52. The van der Waals surface area contributed by atoms with Gasteiger partial charge >= 0.3 is 0 Å². The smallest absolute Gasteiger partial charge is 0.271 e. The summed E-state index contributed by atoms with van der Waals surface area (Å²) >= 11 is 1.46. The topological polar surface area (TPSA) is 121 Å². The van der Waals surface area contributed by atoms with Crippen LogP contribution in [0.1, 0.15) is 51.6 Å². The highest BCUT2D eigenvalue weighted by Crippen LogP contribution is 2.40. The van der Waals surface area contributed by atoms with Crippen molar-refractivity contribution < 1.29 is 24.1 Å². The van der Waals surface area contributed by atoms with Crippen LogP contribution in [0.5, 0.6) is 0 Å². The first-order valence-electron chi connectivity index (χ1n) is 16.0. The molecule has 0 aliphatic carbocycles. The lowest BCUT2D eigenvalue weighted by atomic mass is 9.99. The van der Waals surface area contributed by atoms with Gasteiger partial charge in [-0.25, -0.2) is 4.98 Å². The van der Waals surface area contributed by atoms with Crippen LogP contribution in [0.25, 0.3) is 22.2 Å². The summed E-state index contributed by atoms with van der Waals surface area (Å²) in [5, 5.41) is 25.4. The Morgan fingerprint density at radius 3 is 2.45 bits per heavy atom. The van der Waals surface area contributed by atoms with Gasteiger partial charge in [-0.3, -0.25) is 9.78 Å². The number of fused-ring (bicyclic) bond motifs is 1. The summed E-state index contributed by atoms with van der Waals surface area (Å²) in [7, 11) is 0. The molecular formula is C39H34N4O5S. The van der Waals surface area contributed by atoms with Crippen LogP contribution in [-0.4, -0.2) is 32.8 Å². The first-order chi connectivity index (χ1) is 24.0. The number of carbonyl (C=O) groups excluding carboxylic acids is 1. The number of nitrogens with one attached hydrogen (secondary N) is 1. The third kappa shape index (κ3) is 7.79. The summed E-state index contributed by atoms with van der Waals surface area (Å²) in [5.41, 5.74) is 7.30. The number of carbonyl (C=O) groups is 1. The van der Waals surface area contributed by atoms with Crippen LogP contribution in [0.3, 0.4) is 0 Å². The van der Waals surface area contributed by atoms with Crippen LogP contribution in [0.15, 0.2) is 133 Å². The SMILES string of the molecule is O=C(NCc1cccc(-c2cccc(C3OC(CSc4cccc[n+]4[O-])CC(c4ccc(CO)cc4)O3)c2)c1)c1cnc2ccccc2n1. The molecule has 0 spiro atoms. The number of hydrogen-bond acceptors (Lipinski definition) is 8. The van der Waals surface area contributed by atoms with Crippen molar-refractivity contribution in [3.05, 3.63) is 161 Å². The van der Waals surface area contributed by atoms with Crippen molar-refractivity contribution >= 4 is 28.7 Å². The van der Waals surface area contributed by atoms with Gasteiger partial charge in [-0.1, -0.05) is 84.6 Å². The number of thioether (sulfide) groups is 1.